The van der Waals surface area contributed by atoms with E-state index in [1.165, 1.54) is 80.4 Å². The van der Waals surface area contributed by atoms with Crippen LogP contribution in [0.4, 0.5) is 0 Å². The lowest BCUT2D eigenvalue weighted by atomic mass is 9.71. The maximum atomic E-state index is 7.10. The normalized spacial score (nSPS) is 17.3. The van der Waals surface area contributed by atoms with E-state index in [-0.39, 0.29) is 0 Å². The van der Waals surface area contributed by atoms with Gasteiger partial charge < -0.3 is 4.74 Å². The Labute approximate surface area is 217 Å². The number of fused-ring (bicyclic) bond motifs is 3. The van der Waals surface area contributed by atoms with Crippen LogP contribution < -0.4 is 14.5 Å². The largest absolute Gasteiger partial charge is 0.456 e. The zero-order chi connectivity index (χ0) is 25.6. The van der Waals surface area contributed by atoms with E-state index in [0.29, 0.717) is 11.3 Å². The van der Waals surface area contributed by atoms with Crippen molar-refractivity contribution >= 4 is 34.8 Å². The quantitative estimate of drug-likeness (QED) is 0.177. The molecule has 0 atom stereocenters. The Morgan fingerprint density at radius 2 is 1.69 bits per heavy atom. The molecule has 0 unspecified atom stereocenters. The van der Waals surface area contributed by atoms with Crippen molar-refractivity contribution in [2.45, 2.75) is 78.9 Å². The van der Waals surface area contributed by atoms with Gasteiger partial charge in [-0.3, -0.25) is 0 Å². The Morgan fingerprint density at radius 3 is 2.39 bits per heavy atom. The lowest BCUT2D eigenvalue weighted by Crippen LogP contribution is -2.41. The molecular formula is C33H40NOSi+. The van der Waals surface area contributed by atoms with Crippen LogP contribution in [-0.4, -0.2) is 8.07 Å². The minimum Gasteiger partial charge on any atom is -0.456 e. The zero-order valence-electron chi connectivity index (χ0n) is 23.3. The van der Waals surface area contributed by atoms with Gasteiger partial charge in [0.25, 0.3) is 0 Å². The van der Waals surface area contributed by atoms with Crippen LogP contribution in [0.25, 0.3) is 32.8 Å². The molecule has 1 aliphatic carbocycles. The summed E-state index contributed by atoms with van der Waals surface area (Å²) in [6, 6.07) is 13.9. The molecule has 0 amide bonds. The summed E-state index contributed by atoms with van der Waals surface area (Å²) in [7, 11) is 0.444. The van der Waals surface area contributed by atoms with Gasteiger partial charge in [-0.15, -0.1) is 0 Å². The van der Waals surface area contributed by atoms with Gasteiger partial charge in [0.1, 0.15) is 18.5 Å². The van der Waals surface area contributed by atoms with Crippen molar-refractivity contribution in [3.63, 3.8) is 0 Å². The molecule has 1 saturated carbocycles. The highest BCUT2D eigenvalue weighted by Crippen LogP contribution is 2.50. The highest BCUT2D eigenvalue weighted by atomic mass is 28.3. The van der Waals surface area contributed by atoms with Crippen molar-refractivity contribution in [1.29, 1.82) is 0 Å². The Bertz CT molecular complexity index is 1550. The second-order valence-corrected chi connectivity index (χ2v) is 18.3. The first-order chi connectivity index (χ1) is 17.0. The number of aryl methyl sites for hydroxylation is 3. The predicted molar refractivity (Wildman–Crippen MR) is 156 cm³/mol. The molecule has 2 nitrogen and oxygen atoms in total. The van der Waals surface area contributed by atoms with Gasteiger partial charge in [0.15, 0.2) is 6.20 Å². The van der Waals surface area contributed by atoms with E-state index in [9.17, 15) is 0 Å². The van der Waals surface area contributed by atoms with E-state index >= 15 is 0 Å². The van der Waals surface area contributed by atoms with E-state index in [2.05, 4.69) is 102 Å². The molecule has 1 fully saturated rings. The lowest BCUT2D eigenvalue weighted by Gasteiger charge is -2.35. The molecule has 2 aliphatic rings. The van der Waals surface area contributed by atoms with Gasteiger partial charge in [-0.1, -0.05) is 57.8 Å². The first-order valence-electron chi connectivity index (χ1n) is 13.7. The van der Waals surface area contributed by atoms with Crippen LogP contribution in [0.15, 0.2) is 42.6 Å². The maximum absolute atomic E-state index is 7.10. The van der Waals surface area contributed by atoms with Crippen molar-refractivity contribution in [3.05, 3.63) is 59.3 Å². The van der Waals surface area contributed by atoms with Gasteiger partial charge in [-0.25, -0.2) is 4.57 Å². The minimum absolute atomic E-state index is 0.473. The monoisotopic (exact) mass is 494 g/mol. The van der Waals surface area contributed by atoms with Crippen molar-refractivity contribution in [1.82, 2.24) is 0 Å². The molecule has 0 saturated heterocycles. The number of nitrogens with zero attached hydrogens (tertiary/aromatic N) is 1. The number of hydrogen-bond acceptors (Lipinski definition) is 1. The summed E-state index contributed by atoms with van der Waals surface area (Å²) in [4.78, 5) is 0. The van der Waals surface area contributed by atoms with Gasteiger partial charge >= 0.3 is 0 Å². The van der Waals surface area contributed by atoms with Gasteiger partial charge in [-0.05, 0) is 95.0 Å². The van der Waals surface area contributed by atoms with Crippen LogP contribution in [0.2, 0.25) is 19.6 Å². The number of ether oxygens (including phenoxy) is 1. The summed E-state index contributed by atoms with van der Waals surface area (Å²) < 4.78 is 9.42. The van der Waals surface area contributed by atoms with Crippen LogP contribution in [0, 0.1) is 19.3 Å². The second-order valence-electron chi connectivity index (χ2n) is 13.3. The third-order valence-corrected chi connectivity index (χ3v) is 11.0. The Balaban J connectivity index is 1.66. The van der Waals surface area contributed by atoms with Crippen LogP contribution in [-0.2, 0) is 7.05 Å². The smallest absolute Gasteiger partial charge is 0.228 e. The van der Waals surface area contributed by atoms with Gasteiger partial charge in [0.05, 0.1) is 19.0 Å². The average Bonchev–Trinajstić information content (AvgIpc) is 2.80. The average molecular weight is 495 g/mol. The third kappa shape index (κ3) is 3.54. The molecule has 36 heavy (non-hydrogen) atoms. The maximum Gasteiger partial charge on any atom is 0.228 e. The Kier molecular flexibility index (Phi) is 5.22. The molecule has 1 aliphatic heterocycles. The van der Waals surface area contributed by atoms with Crippen LogP contribution >= 0.6 is 0 Å². The SMILES string of the molecule is Cc1c2c(c([Si](C)(C)C)c3c(C)cccc13)Oc1cc(C3CCC(C)(C)CC3)cc3cc[n+](C)c-2c13. The fraction of sp³-hybridized carbons (Fsp3) is 0.424. The number of benzene rings is 3. The first-order valence-corrected chi connectivity index (χ1v) is 17.2. The number of hydrogen-bond donors (Lipinski definition) is 0. The van der Waals surface area contributed by atoms with Crippen LogP contribution in [0.5, 0.6) is 11.5 Å². The highest BCUT2D eigenvalue weighted by Gasteiger charge is 2.37. The molecule has 1 aromatic heterocycles. The van der Waals surface area contributed by atoms with E-state index in [1.54, 1.807) is 0 Å². The predicted octanol–water partition coefficient (Wildman–Crippen LogP) is 8.44. The third-order valence-electron chi connectivity index (χ3n) is 8.99. The van der Waals surface area contributed by atoms with Crippen LogP contribution in [0.3, 0.4) is 0 Å². The minimum atomic E-state index is -1.75. The topological polar surface area (TPSA) is 13.1 Å². The first kappa shape index (κ1) is 23.7. The Hall–Kier alpha value is -2.65. The van der Waals surface area contributed by atoms with Crippen molar-refractivity contribution < 1.29 is 9.30 Å². The van der Waals surface area contributed by atoms with E-state index in [4.69, 9.17) is 4.74 Å². The summed E-state index contributed by atoms with van der Waals surface area (Å²) in [6.07, 6.45) is 7.39. The number of pyridine rings is 1. The molecule has 4 aromatic rings. The molecule has 0 radical (unpaired) electrons. The van der Waals surface area contributed by atoms with Crippen LogP contribution in [0.1, 0.15) is 62.1 Å². The molecular weight excluding hydrogens is 454 g/mol. The molecule has 0 spiro atoms. The fourth-order valence-corrected chi connectivity index (χ4v) is 8.84. The molecule has 0 N–H and O–H groups in total. The van der Waals surface area contributed by atoms with Gasteiger partial charge in [-0.2, -0.15) is 0 Å². The van der Waals surface area contributed by atoms with Gasteiger partial charge in [0.2, 0.25) is 5.69 Å². The van der Waals surface area contributed by atoms with E-state index in [1.807, 2.05) is 0 Å². The second kappa shape index (κ2) is 7.92. The Morgan fingerprint density at radius 1 is 0.972 bits per heavy atom. The molecule has 0 bridgehead atoms. The van der Waals surface area contributed by atoms with Crippen molar-refractivity contribution in [2.24, 2.45) is 12.5 Å². The molecule has 2 heterocycles. The molecule has 6 rings (SSSR count). The highest BCUT2D eigenvalue weighted by molar-refractivity contribution is 6.91. The lowest BCUT2D eigenvalue weighted by molar-refractivity contribution is -0.659. The molecule has 3 aromatic carbocycles. The summed E-state index contributed by atoms with van der Waals surface area (Å²) in [5.41, 5.74) is 7.21. The summed E-state index contributed by atoms with van der Waals surface area (Å²) in [5, 5.41) is 6.82. The van der Waals surface area contributed by atoms with Gasteiger partial charge in [0, 0.05) is 6.07 Å². The standard InChI is InChI=1S/C33H40NOSi/c1-20-10-9-11-25-21(2)28-30-29-23(14-17-34(30)5)18-24(22-12-15-33(3,4)16-13-22)19-26(29)35-31(28)32(27(20)25)36(6,7)8/h9-11,14,17-19,22H,12-13,15-16H2,1-8H3/q+1. The summed E-state index contributed by atoms with van der Waals surface area (Å²) >= 11 is 0. The molecule has 186 valence electrons. The van der Waals surface area contributed by atoms with E-state index in [0.717, 1.165) is 11.5 Å². The van der Waals surface area contributed by atoms with Crippen molar-refractivity contribution in [2.75, 3.05) is 0 Å². The number of rotatable bonds is 2. The van der Waals surface area contributed by atoms with E-state index < -0.39 is 8.07 Å². The summed E-state index contributed by atoms with van der Waals surface area (Å²) in [6.45, 7) is 16.8. The molecule has 3 heteroatoms. The van der Waals surface area contributed by atoms with Crippen molar-refractivity contribution in [3.8, 4) is 22.8 Å². The number of aromatic nitrogens is 1. The fourth-order valence-electron chi connectivity index (χ4n) is 6.91. The zero-order valence-corrected chi connectivity index (χ0v) is 24.3. The summed E-state index contributed by atoms with van der Waals surface area (Å²) in [5.74, 6) is 2.79.